The van der Waals surface area contributed by atoms with Crippen molar-refractivity contribution in [3.8, 4) is 11.5 Å². The number of hydrogen-bond acceptors (Lipinski definition) is 7. The van der Waals surface area contributed by atoms with Crippen molar-refractivity contribution in [1.29, 1.82) is 0 Å². The quantitative estimate of drug-likeness (QED) is 0.271. The minimum Gasteiger partial charge on any atom is -0.457 e. The molecule has 178 valence electrons. The van der Waals surface area contributed by atoms with Gasteiger partial charge in [0.05, 0.1) is 11.6 Å². The SMILES string of the molecule is C=CC(=O)NC1CCC(Nc2nc(Nc3ccc(Oc4ccccc4)cc3)nc3[nH]ncc23)CC1. The molecule has 0 radical (unpaired) electrons. The Balaban J connectivity index is 1.25. The third-order valence-electron chi connectivity index (χ3n) is 6.00. The topological polar surface area (TPSA) is 117 Å². The van der Waals surface area contributed by atoms with E-state index in [1.165, 1.54) is 6.08 Å². The number of carbonyl (C=O) groups is 1. The highest BCUT2D eigenvalue weighted by atomic mass is 16.5. The molecule has 4 aromatic rings. The normalized spacial score (nSPS) is 17.5. The van der Waals surface area contributed by atoms with Crippen LogP contribution in [0.2, 0.25) is 0 Å². The highest BCUT2D eigenvalue weighted by molar-refractivity contribution is 5.88. The van der Waals surface area contributed by atoms with Gasteiger partial charge in [-0.2, -0.15) is 15.1 Å². The molecule has 35 heavy (non-hydrogen) atoms. The summed E-state index contributed by atoms with van der Waals surface area (Å²) in [5, 5.41) is 17.7. The lowest BCUT2D eigenvalue weighted by Gasteiger charge is -2.29. The second-order valence-electron chi connectivity index (χ2n) is 8.50. The first-order valence-corrected chi connectivity index (χ1v) is 11.7. The number of carbonyl (C=O) groups excluding carboxylic acids is 1. The van der Waals surface area contributed by atoms with Gasteiger partial charge in [-0.15, -0.1) is 0 Å². The molecule has 0 spiro atoms. The number of rotatable bonds is 8. The van der Waals surface area contributed by atoms with Gasteiger partial charge in [0.25, 0.3) is 0 Å². The largest absolute Gasteiger partial charge is 0.457 e. The van der Waals surface area contributed by atoms with E-state index < -0.39 is 0 Å². The second-order valence-corrected chi connectivity index (χ2v) is 8.50. The minimum atomic E-state index is -0.118. The molecule has 0 bridgehead atoms. The van der Waals surface area contributed by atoms with Gasteiger partial charge in [0.1, 0.15) is 17.3 Å². The van der Waals surface area contributed by atoms with Crippen molar-refractivity contribution >= 4 is 34.4 Å². The molecule has 0 atom stereocenters. The van der Waals surface area contributed by atoms with Crippen molar-refractivity contribution in [2.75, 3.05) is 10.6 Å². The fourth-order valence-electron chi connectivity index (χ4n) is 4.20. The highest BCUT2D eigenvalue weighted by Crippen LogP contribution is 2.28. The van der Waals surface area contributed by atoms with Crippen LogP contribution in [0, 0.1) is 0 Å². The minimum absolute atomic E-state index is 0.118. The third-order valence-corrected chi connectivity index (χ3v) is 6.00. The molecule has 2 aromatic heterocycles. The third kappa shape index (κ3) is 5.57. The van der Waals surface area contributed by atoms with Gasteiger partial charge in [-0.05, 0) is 68.2 Å². The first-order chi connectivity index (χ1) is 17.2. The zero-order chi connectivity index (χ0) is 24.0. The van der Waals surface area contributed by atoms with E-state index >= 15 is 0 Å². The summed E-state index contributed by atoms with van der Waals surface area (Å²) in [5.41, 5.74) is 1.50. The Kier molecular flexibility index (Phi) is 6.56. The molecule has 2 aromatic carbocycles. The highest BCUT2D eigenvalue weighted by Gasteiger charge is 2.23. The lowest BCUT2D eigenvalue weighted by atomic mass is 9.91. The first-order valence-electron chi connectivity index (χ1n) is 11.7. The van der Waals surface area contributed by atoms with Gasteiger partial charge < -0.3 is 20.7 Å². The number of aromatic nitrogens is 4. The Labute approximate surface area is 203 Å². The Morgan fingerprint density at radius 1 is 0.971 bits per heavy atom. The van der Waals surface area contributed by atoms with Crippen LogP contribution in [0.4, 0.5) is 17.5 Å². The van der Waals surface area contributed by atoms with Crippen LogP contribution in [-0.4, -0.2) is 38.2 Å². The zero-order valence-electron chi connectivity index (χ0n) is 19.2. The molecular formula is C26H27N7O2. The Hall–Kier alpha value is -4.40. The smallest absolute Gasteiger partial charge is 0.243 e. The summed E-state index contributed by atoms with van der Waals surface area (Å²) in [4.78, 5) is 20.9. The van der Waals surface area contributed by atoms with Gasteiger partial charge in [0, 0.05) is 17.8 Å². The van der Waals surface area contributed by atoms with Crippen LogP contribution in [0.15, 0.2) is 73.4 Å². The van der Waals surface area contributed by atoms with Crippen LogP contribution < -0.4 is 20.7 Å². The summed E-state index contributed by atoms with van der Waals surface area (Å²) in [7, 11) is 0. The summed E-state index contributed by atoms with van der Waals surface area (Å²) in [6.07, 6.45) is 6.71. The molecule has 0 aliphatic heterocycles. The standard InChI is InChI=1S/C26H27N7O2/c1-2-23(34)28-17-8-10-18(11-9-17)29-24-22-16-27-33-25(22)32-26(31-24)30-19-12-14-21(15-13-19)35-20-6-4-3-5-7-20/h2-7,12-18H,1,8-11H2,(H,28,34)(H3,27,29,30,31,32,33). The lowest BCUT2D eigenvalue weighted by molar-refractivity contribution is -0.117. The van der Waals surface area contributed by atoms with E-state index in [1.54, 1.807) is 6.20 Å². The number of nitrogens with zero attached hydrogens (tertiary/aromatic N) is 3. The zero-order valence-corrected chi connectivity index (χ0v) is 19.2. The first kappa shape index (κ1) is 22.4. The van der Waals surface area contributed by atoms with Crippen molar-refractivity contribution in [3.05, 3.63) is 73.4 Å². The van der Waals surface area contributed by atoms with Gasteiger partial charge in [0.15, 0.2) is 5.65 Å². The number of para-hydroxylation sites is 1. The molecule has 1 amide bonds. The van der Waals surface area contributed by atoms with Crippen LogP contribution in [0.25, 0.3) is 11.0 Å². The summed E-state index contributed by atoms with van der Waals surface area (Å²) in [6, 6.07) is 17.7. The Morgan fingerprint density at radius 3 is 2.43 bits per heavy atom. The molecule has 9 nitrogen and oxygen atoms in total. The van der Waals surface area contributed by atoms with Crippen molar-refractivity contribution in [2.45, 2.75) is 37.8 Å². The lowest BCUT2D eigenvalue weighted by Crippen LogP contribution is -2.39. The van der Waals surface area contributed by atoms with Crippen molar-refractivity contribution in [3.63, 3.8) is 0 Å². The number of anilines is 3. The summed E-state index contributed by atoms with van der Waals surface area (Å²) in [5.74, 6) is 2.61. The van der Waals surface area contributed by atoms with Crippen molar-refractivity contribution in [2.24, 2.45) is 0 Å². The van der Waals surface area contributed by atoms with Gasteiger partial charge in [-0.3, -0.25) is 9.89 Å². The fraction of sp³-hybridized carbons (Fsp3) is 0.231. The fourth-order valence-corrected chi connectivity index (χ4v) is 4.20. The van der Waals surface area contributed by atoms with Gasteiger partial charge in [0.2, 0.25) is 11.9 Å². The maximum Gasteiger partial charge on any atom is 0.243 e. The van der Waals surface area contributed by atoms with Crippen molar-refractivity contribution in [1.82, 2.24) is 25.5 Å². The number of hydrogen-bond donors (Lipinski definition) is 4. The predicted molar refractivity (Wildman–Crippen MR) is 136 cm³/mol. The number of fused-ring (bicyclic) bond motifs is 1. The van der Waals surface area contributed by atoms with Crippen LogP contribution in [0.5, 0.6) is 11.5 Å². The average molecular weight is 470 g/mol. The maximum atomic E-state index is 11.6. The molecule has 4 N–H and O–H groups in total. The Bertz CT molecular complexity index is 1300. The number of nitrogens with one attached hydrogen (secondary N) is 4. The van der Waals surface area contributed by atoms with E-state index in [0.29, 0.717) is 11.6 Å². The molecule has 0 unspecified atom stereocenters. The van der Waals surface area contributed by atoms with Gasteiger partial charge in [-0.1, -0.05) is 24.8 Å². The van der Waals surface area contributed by atoms with E-state index in [0.717, 1.165) is 54.1 Å². The molecule has 2 heterocycles. The molecule has 1 fully saturated rings. The molecule has 1 saturated carbocycles. The summed E-state index contributed by atoms with van der Waals surface area (Å²) < 4.78 is 5.86. The van der Waals surface area contributed by atoms with Gasteiger partial charge >= 0.3 is 0 Å². The molecule has 0 saturated heterocycles. The van der Waals surface area contributed by atoms with Crippen LogP contribution in [0.1, 0.15) is 25.7 Å². The van der Waals surface area contributed by atoms with E-state index in [9.17, 15) is 4.79 Å². The van der Waals surface area contributed by atoms with Crippen LogP contribution >= 0.6 is 0 Å². The number of aromatic amines is 1. The molecule has 9 heteroatoms. The number of amides is 1. The molecule has 5 rings (SSSR count). The predicted octanol–water partition coefficient (Wildman–Crippen LogP) is 4.91. The van der Waals surface area contributed by atoms with Crippen LogP contribution in [0.3, 0.4) is 0 Å². The van der Waals surface area contributed by atoms with Crippen molar-refractivity contribution < 1.29 is 9.53 Å². The summed E-state index contributed by atoms with van der Waals surface area (Å²) in [6.45, 7) is 3.52. The van der Waals surface area contributed by atoms with E-state index in [1.807, 2.05) is 54.6 Å². The second kappa shape index (κ2) is 10.3. The Morgan fingerprint density at radius 2 is 1.69 bits per heavy atom. The van der Waals surface area contributed by atoms with E-state index in [2.05, 4.69) is 37.7 Å². The number of ether oxygens (including phenoxy) is 1. The number of benzene rings is 2. The van der Waals surface area contributed by atoms with Gasteiger partial charge in [-0.25, -0.2) is 0 Å². The maximum absolute atomic E-state index is 11.6. The van der Waals surface area contributed by atoms with E-state index in [-0.39, 0.29) is 18.0 Å². The summed E-state index contributed by atoms with van der Waals surface area (Å²) >= 11 is 0. The monoisotopic (exact) mass is 469 g/mol. The van der Waals surface area contributed by atoms with E-state index in [4.69, 9.17) is 9.72 Å². The molecule has 1 aliphatic rings. The van der Waals surface area contributed by atoms with Crippen LogP contribution in [-0.2, 0) is 4.79 Å². The number of H-pyrrole nitrogens is 1. The molecule has 1 aliphatic carbocycles. The average Bonchev–Trinajstić information content (AvgIpc) is 3.36. The molecular weight excluding hydrogens is 442 g/mol.